The lowest BCUT2D eigenvalue weighted by Gasteiger charge is -2.31. The first-order valence-electron chi connectivity index (χ1n) is 12.5. The molecule has 0 atom stereocenters. The van der Waals surface area contributed by atoms with Crippen molar-refractivity contribution in [1.82, 2.24) is 25.1 Å². The summed E-state index contributed by atoms with van der Waals surface area (Å²) in [4.78, 5) is 24.7. The van der Waals surface area contributed by atoms with E-state index in [2.05, 4.69) is 26.3 Å². The van der Waals surface area contributed by atoms with E-state index < -0.39 is 0 Å². The molecule has 2 amide bonds. The number of piperidine rings is 1. The van der Waals surface area contributed by atoms with E-state index in [1.54, 1.807) is 19.4 Å². The number of H-pyrrole nitrogens is 1. The smallest absolute Gasteiger partial charge is 0.317 e. The number of fused-ring (bicyclic) bond motifs is 1. The Kier molecular flexibility index (Phi) is 7.20. The molecule has 0 bridgehead atoms. The van der Waals surface area contributed by atoms with Crippen molar-refractivity contribution in [3.05, 3.63) is 54.1 Å². The second-order valence-corrected chi connectivity index (χ2v) is 9.48. The molecule has 2 aliphatic rings. The summed E-state index contributed by atoms with van der Waals surface area (Å²) in [7, 11) is 1.58. The summed E-state index contributed by atoms with van der Waals surface area (Å²) >= 11 is 0. The number of carbonyl (C=O) groups is 1. The van der Waals surface area contributed by atoms with Crippen LogP contribution in [-0.2, 0) is 0 Å². The number of nitrogens with two attached hydrogens (primary N) is 1. The van der Waals surface area contributed by atoms with Gasteiger partial charge in [-0.25, -0.2) is 14.2 Å². The molecule has 3 aromatic rings. The number of hydrogen-bond acceptors (Lipinski definition) is 5. The SMILES string of the molecule is COc1ccc(F)cc1-c1ccnc2[nH]c(C3=CCN(C(=O)NCCN4CCC(N)CC4)CC3)cc12. The van der Waals surface area contributed by atoms with Gasteiger partial charge in [0, 0.05) is 55.1 Å². The molecule has 1 aromatic carbocycles. The van der Waals surface area contributed by atoms with Crippen LogP contribution < -0.4 is 15.8 Å². The molecular weight excluding hydrogens is 459 g/mol. The molecule has 0 saturated carbocycles. The van der Waals surface area contributed by atoms with Crippen LogP contribution in [0.3, 0.4) is 0 Å². The van der Waals surface area contributed by atoms with Crippen molar-refractivity contribution in [3.63, 3.8) is 0 Å². The number of pyridine rings is 1. The van der Waals surface area contributed by atoms with Crippen molar-refractivity contribution in [2.24, 2.45) is 5.73 Å². The molecular formula is C27H33FN6O2. The van der Waals surface area contributed by atoms with Crippen LogP contribution in [0.4, 0.5) is 9.18 Å². The number of methoxy groups -OCH3 is 1. The number of nitrogens with zero attached hydrogens (tertiary/aromatic N) is 3. The van der Waals surface area contributed by atoms with Crippen LogP contribution in [0.25, 0.3) is 27.7 Å². The predicted octanol–water partition coefficient (Wildman–Crippen LogP) is 3.60. The lowest BCUT2D eigenvalue weighted by molar-refractivity contribution is 0.192. The van der Waals surface area contributed by atoms with Gasteiger partial charge in [0.25, 0.3) is 0 Å². The first-order chi connectivity index (χ1) is 17.5. The fraction of sp³-hybridized carbons (Fsp3) is 0.407. The van der Waals surface area contributed by atoms with Crippen molar-refractivity contribution < 1.29 is 13.9 Å². The van der Waals surface area contributed by atoms with Crippen LogP contribution in [0, 0.1) is 5.82 Å². The second kappa shape index (κ2) is 10.7. The Hall–Kier alpha value is -3.43. The minimum Gasteiger partial charge on any atom is -0.496 e. The third kappa shape index (κ3) is 5.22. The summed E-state index contributed by atoms with van der Waals surface area (Å²) in [6.07, 6.45) is 6.58. The van der Waals surface area contributed by atoms with Crippen molar-refractivity contribution in [2.75, 3.05) is 46.4 Å². The Bertz CT molecular complexity index is 1260. The number of benzene rings is 1. The number of aromatic amines is 1. The van der Waals surface area contributed by atoms with Gasteiger partial charge in [0.05, 0.1) is 7.11 Å². The third-order valence-corrected chi connectivity index (χ3v) is 7.16. The molecule has 0 spiro atoms. The third-order valence-electron chi connectivity index (χ3n) is 7.16. The van der Waals surface area contributed by atoms with Gasteiger partial charge < -0.3 is 30.6 Å². The first-order valence-corrected chi connectivity index (χ1v) is 12.5. The van der Waals surface area contributed by atoms with E-state index in [1.165, 1.54) is 12.1 Å². The maximum absolute atomic E-state index is 14.0. The average molecular weight is 493 g/mol. The van der Waals surface area contributed by atoms with Crippen LogP contribution in [0.2, 0.25) is 0 Å². The molecule has 0 aliphatic carbocycles. The van der Waals surface area contributed by atoms with E-state index in [0.29, 0.717) is 37.0 Å². The van der Waals surface area contributed by atoms with Gasteiger partial charge in [0.2, 0.25) is 0 Å². The van der Waals surface area contributed by atoms with E-state index in [0.717, 1.165) is 66.8 Å². The molecule has 190 valence electrons. The van der Waals surface area contributed by atoms with Crippen LogP contribution in [0.15, 0.2) is 42.6 Å². The van der Waals surface area contributed by atoms with Crippen molar-refractivity contribution in [3.8, 4) is 16.9 Å². The molecule has 8 nitrogen and oxygen atoms in total. The van der Waals surface area contributed by atoms with Crippen LogP contribution in [-0.4, -0.2) is 78.2 Å². The molecule has 36 heavy (non-hydrogen) atoms. The van der Waals surface area contributed by atoms with Gasteiger partial charge in [0.1, 0.15) is 17.2 Å². The Morgan fingerprint density at radius 1 is 1.22 bits per heavy atom. The molecule has 0 radical (unpaired) electrons. The topological polar surface area (TPSA) is 99.5 Å². The number of carbonyl (C=O) groups excluding carboxylic acids is 1. The maximum atomic E-state index is 14.0. The number of urea groups is 1. The fourth-order valence-corrected chi connectivity index (χ4v) is 5.03. The number of amides is 2. The van der Waals surface area contributed by atoms with Gasteiger partial charge in [-0.2, -0.15) is 0 Å². The monoisotopic (exact) mass is 492 g/mol. The molecule has 1 fully saturated rings. The number of rotatable bonds is 6. The Morgan fingerprint density at radius 2 is 2.06 bits per heavy atom. The van der Waals surface area contributed by atoms with Crippen molar-refractivity contribution in [1.29, 1.82) is 0 Å². The largest absolute Gasteiger partial charge is 0.496 e. The quantitative estimate of drug-likeness (QED) is 0.488. The first kappa shape index (κ1) is 24.3. The minimum absolute atomic E-state index is 0.0298. The summed E-state index contributed by atoms with van der Waals surface area (Å²) in [5, 5.41) is 3.95. The van der Waals surface area contributed by atoms with Crippen molar-refractivity contribution in [2.45, 2.75) is 25.3 Å². The summed E-state index contributed by atoms with van der Waals surface area (Å²) in [5.74, 6) is 0.286. The number of halogens is 1. The van der Waals surface area contributed by atoms with E-state index in [4.69, 9.17) is 10.5 Å². The molecule has 4 heterocycles. The number of aromatic nitrogens is 2. The van der Waals surface area contributed by atoms with E-state index in [-0.39, 0.29) is 11.8 Å². The van der Waals surface area contributed by atoms with Gasteiger partial charge in [-0.3, -0.25) is 0 Å². The fourth-order valence-electron chi connectivity index (χ4n) is 5.03. The second-order valence-electron chi connectivity index (χ2n) is 9.48. The van der Waals surface area contributed by atoms with Gasteiger partial charge in [-0.15, -0.1) is 0 Å². The molecule has 2 aliphatic heterocycles. The Balaban J connectivity index is 1.24. The zero-order valence-corrected chi connectivity index (χ0v) is 20.6. The predicted molar refractivity (Wildman–Crippen MR) is 139 cm³/mol. The maximum Gasteiger partial charge on any atom is 0.317 e. The molecule has 9 heteroatoms. The zero-order chi connectivity index (χ0) is 25.1. The van der Waals surface area contributed by atoms with Crippen LogP contribution in [0.1, 0.15) is 25.0 Å². The van der Waals surface area contributed by atoms with Gasteiger partial charge in [-0.1, -0.05) is 6.08 Å². The average Bonchev–Trinajstić information content (AvgIpc) is 3.34. The highest BCUT2D eigenvalue weighted by Crippen LogP contribution is 2.36. The Labute approximate surface area is 210 Å². The van der Waals surface area contributed by atoms with Gasteiger partial charge >= 0.3 is 6.03 Å². The number of hydrogen-bond donors (Lipinski definition) is 3. The van der Waals surface area contributed by atoms with Crippen molar-refractivity contribution >= 4 is 22.6 Å². The summed E-state index contributed by atoms with van der Waals surface area (Å²) < 4.78 is 19.5. The molecule has 2 aromatic heterocycles. The molecule has 0 unspecified atom stereocenters. The van der Waals surface area contributed by atoms with Crippen LogP contribution in [0.5, 0.6) is 5.75 Å². The van der Waals surface area contributed by atoms with Gasteiger partial charge in [-0.05, 0) is 73.8 Å². The standard InChI is InChI=1S/C27H33FN6O2/c1-36-25-3-2-19(28)16-22(25)21-4-9-30-26-23(21)17-24(32-26)18-5-13-34(14-6-18)27(35)31-10-15-33-11-7-20(29)8-12-33/h2-5,9,16-17,20H,6-8,10-15,29H2,1H3,(H,30,32)(H,31,35). The van der Waals surface area contributed by atoms with Gasteiger partial charge in [0.15, 0.2) is 0 Å². The number of likely N-dealkylation sites (tertiary alicyclic amines) is 1. The molecule has 4 N–H and O–H groups in total. The lowest BCUT2D eigenvalue weighted by atomic mass is 10.0. The minimum atomic E-state index is -0.319. The highest BCUT2D eigenvalue weighted by atomic mass is 19.1. The summed E-state index contributed by atoms with van der Waals surface area (Å²) in [5.41, 5.74) is 10.3. The zero-order valence-electron chi connectivity index (χ0n) is 20.6. The lowest BCUT2D eigenvalue weighted by Crippen LogP contribution is -2.46. The number of nitrogens with one attached hydrogen (secondary N) is 2. The summed E-state index contributed by atoms with van der Waals surface area (Å²) in [6.45, 7) is 4.69. The molecule has 5 rings (SSSR count). The van der Waals surface area contributed by atoms with Crippen LogP contribution >= 0.6 is 0 Å². The number of ether oxygens (including phenoxy) is 1. The highest BCUT2D eigenvalue weighted by molar-refractivity contribution is 5.96. The van der Waals surface area contributed by atoms with E-state index in [1.807, 2.05) is 17.0 Å². The molecule has 1 saturated heterocycles. The van der Waals surface area contributed by atoms with E-state index >= 15 is 0 Å². The highest BCUT2D eigenvalue weighted by Gasteiger charge is 2.21. The normalized spacial score (nSPS) is 17.3. The Morgan fingerprint density at radius 3 is 2.81 bits per heavy atom. The summed E-state index contributed by atoms with van der Waals surface area (Å²) in [6, 6.07) is 8.71. The van der Waals surface area contributed by atoms with E-state index in [9.17, 15) is 9.18 Å².